The second kappa shape index (κ2) is 12.6. The van der Waals surface area contributed by atoms with Crippen molar-refractivity contribution in [2.75, 3.05) is 51.4 Å². The zero-order valence-electron chi connectivity index (χ0n) is 21.2. The van der Waals surface area contributed by atoms with E-state index >= 15 is 0 Å². The van der Waals surface area contributed by atoms with Gasteiger partial charge in [0, 0.05) is 18.8 Å². The number of carbonyl (C=O) groups is 4. The third kappa shape index (κ3) is 6.73. The molecule has 2 saturated heterocycles. The maximum absolute atomic E-state index is 12.9. The van der Waals surface area contributed by atoms with Gasteiger partial charge in [0.15, 0.2) is 18.1 Å². The molecule has 0 saturated carbocycles. The van der Waals surface area contributed by atoms with Crippen molar-refractivity contribution >= 4 is 46.5 Å². The summed E-state index contributed by atoms with van der Waals surface area (Å²) in [7, 11) is 0. The largest absolute Gasteiger partial charge is 0.490 e. The average Bonchev–Trinajstić information content (AvgIpc) is 3.17. The highest BCUT2D eigenvalue weighted by Crippen LogP contribution is 2.34. The van der Waals surface area contributed by atoms with E-state index in [4.69, 9.17) is 14.2 Å². The van der Waals surface area contributed by atoms with E-state index < -0.39 is 11.1 Å². The molecule has 0 spiro atoms. The molecule has 0 aromatic heterocycles. The highest BCUT2D eigenvalue weighted by Gasteiger charge is 2.37. The molecule has 200 valence electrons. The Labute approximate surface area is 224 Å². The van der Waals surface area contributed by atoms with Crippen LogP contribution in [-0.4, -0.2) is 78.8 Å². The minimum atomic E-state index is -0.521. The third-order valence-electron chi connectivity index (χ3n) is 5.87. The van der Waals surface area contributed by atoms with Crippen molar-refractivity contribution in [1.29, 1.82) is 0 Å². The summed E-state index contributed by atoms with van der Waals surface area (Å²) in [5.74, 6) is -0.359. The van der Waals surface area contributed by atoms with E-state index in [0.717, 1.165) is 22.2 Å². The van der Waals surface area contributed by atoms with E-state index in [9.17, 15) is 19.2 Å². The Bertz CT molecular complexity index is 1260. The van der Waals surface area contributed by atoms with Crippen LogP contribution < -0.4 is 14.8 Å². The Morgan fingerprint density at radius 2 is 1.84 bits per heavy atom. The molecular formula is C27H29N3O7S. The molecule has 0 unspecified atom stereocenters. The molecule has 2 fully saturated rings. The number of para-hydroxylation sites is 1. The van der Waals surface area contributed by atoms with E-state index in [1.807, 2.05) is 38.1 Å². The molecule has 2 aromatic carbocycles. The molecule has 1 N–H and O–H groups in total. The van der Waals surface area contributed by atoms with Gasteiger partial charge in [-0.25, -0.2) is 0 Å². The molecule has 11 heteroatoms. The van der Waals surface area contributed by atoms with Crippen LogP contribution in [-0.2, 0) is 19.1 Å². The lowest BCUT2D eigenvalue weighted by molar-refractivity contribution is -0.139. The molecular weight excluding hydrogens is 510 g/mol. The van der Waals surface area contributed by atoms with Crippen LogP contribution in [0.25, 0.3) is 6.08 Å². The number of nitrogens with zero attached hydrogens (tertiary/aromatic N) is 2. The minimum Gasteiger partial charge on any atom is -0.490 e. The first-order valence-electron chi connectivity index (χ1n) is 12.2. The van der Waals surface area contributed by atoms with Crippen LogP contribution in [0.15, 0.2) is 47.4 Å². The molecule has 2 heterocycles. The van der Waals surface area contributed by atoms with E-state index in [2.05, 4.69) is 5.32 Å². The Balaban J connectivity index is 1.41. The Morgan fingerprint density at radius 1 is 1.08 bits per heavy atom. The summed E-state index contributed by atoms with van der Waals surface area (Å²) in [5.41, 5.74) is 2.26. The Kier molecular flexibility index (Phi) is 9.03. The van der Waals surface area contributed by atoms with Gasteiger partial charge in [0.05, 0.1) is 24.7 Å². The number of rotatable bonds is 9. The second-order valence-electron chi connectivity index (χ2n) is 8.55. The van der Waals surface area contributed by atoms with E-state index in [-0.39, 0.29) is 29.9 Å². The summed E-state index contributed by atoms with van der Waals surface area (Å²) in [6.45, 7) is 5.31. The number of carbonyl (C=O) groups excluding carboxylic acids is 4. The summed E-state index contributed by atoms with van der Waals surface area (Å²) in [6, 6.07) is 12.5. The van der Waals surface area contributed by atoms with Gasteiger partial charge in [-0.1, -0.05) is 24.3 Å². The lowest BCUT2D eigenvalue weighted by Gasteiger charge is -2.28. The summed E-state index contributed by atoms with van der Waals surface area (Å²) in [5, 5.41) is 2.32. The predicted octanol–water partition coefficient (Wildman–Crippen LogP) is 3.31. The summed E-state index contributed by atoms with van der Waals surface area (Å²) < 4.78 is 16.6. The monoisotopic (exact) mass is 539 g/mol. The standard InChI is InChI=1S/C27H29N3O7S/c1-3-36-22-14-19(8-9-21(22)37-17-24(31)28-20-7-5-4-6-18(20)2)15-23-26(33)30(27(34)38-23)16-25(32)29-10-12-35-13-11-29/h4-9,14-15H,3,10-13,16-17H2,1-2H3,(H,28,31)/b23-15+. The predicted molar refractivity (Wildman–Crippen MR) is 143 cm³/mol. The first-order valence-corrected chi connectivity index (χ1v) is 13.0. The lowest BCUT2D eigenvalue weighted by Crippen LogP contribution is -2.46. The van der Waals surface area contributed by atoms with Gasteiger partial charge in [-0.15, -0.1) is 0 Å². The molecule has 2 aromatic rings. The highest BCUT2D eigenvalue weighted by atomic mass is 32.2. The van der Waals surface area contributed by atoms with Crippen molar-refractivity contribution in [3.8, 4) is 11.5 Å². The topological polar surface area (TPSA) is 114 Å². The quantitative estimate of drug-likeness (QED) is 0.483. The lowest BCUT2D eigenvalue weighted by atomic mass is 10.2. The van der Waals surface area contributed by atoms with E-state index in [1.54, 1.807) is 29.2 Å². The van der Waals surface area contributed by atoms with Gasteiger partial charge < -0.3 is 24.4 Å². The maximum Gasteiger partial charge on any atom is 0.294 e. The fourth-order valence-electron chi connectivity index (χ4n) is 3.88. The normalized spacial score (nSPS) is 16.6. The van der Waals surface area contributed by atoms with Crippen LogP contribution in [0, 0.1) is 6.92 Å². The number of hydrogen-bond acceptors (Lipinski definition) is 8. The van der Waals surface area contributed by atoms with Crippen molar-refractivity contribution < 1.29 is 33.4 Å². The van der Waals surface area contributed by atoms with Crippen molar-refractivity contribution in [3.63, 3.8) is 0 Å². The fourth-order valence-corrected chi connectivity index (χ4v) is 4.72. The molecule has 0 radical (unpaired) electrons. The number of benzene rings is 2. The first kappa shape index (κ1) is 27.2. The van der Waals surface area contributed by atoms with Gasteiger partial charge in [0.2, 0.25) is 5.91 Å². The van der Waals surface area contributed by atoms with Gasteiger partial charge >= 0.3 is 0 Å². The van der Waals surface area contributed by atoms with Crippen molar-refractivity contribution in [2.24, 2.45) is 0 Å². The van der Waals surface area contributed by atoms with Gasteiger partial charge in [0.25, 0.3) is 17.1 Å². The fraction of sp³-hybridized carbons (Fsp3) is 0.333. The molecule has 0 atom stereocenters. The second-order valence-corrected chi connectivity index (χ2v) is 9.55. The number of nitrogens with one attached hydrogen (secondary N) is 1. The molecule has 2 aliphatic rings. The SMILES string of the molecule is CCOc1cc(/C=C2/SC(=O)N(CC(=O)N3CCOCC3)C2=O)ccc1OCC(=O)Nc1ccccc1C. The van der Waals surface area contributed by atoms with E-state index in [0.29, 0.717) is 55.7 Å². The molecule has 4 rings (SSSR count). The zero-order chi connectivity index (χ0) is 27.1. The Hall–Kier alpha value is -3.83. The minimum absolute atomic E-state index is 0.207. The van der Waals surface area contributed by atoms with Gasteiger partial charge in [-0.05, 0) is 61.0 Å². The van der Waals surface area contributed by atoms with Crippen molar-refractivity contribution in [1.82, 2.24) is 9.80 Å². The number of morpholine rings is 1. The zero-order valence-corrected chi connectivity index (χ0v) is 22.0. The Morgan fingerprint density at radius 3 is 2.58 bits per heavy atom. The van der Waals surface area contributed by atoms with Crippen LogP contribution in [0.4, 0.5) is 10.5 Å². The molecule has 2 aliphatic heterocycles. The highest BCUT2D eigenvalue weighted by molar-refractivity contribution is 8.18. The first-order chi connectivity index (χ1) is 18.4. The molecule has 10 nitrogen and oxygen atoms in total. The van der Waals surface area contributed by atoms with Gasteiger partial charge in [-0.3, -0.25) is 24.1 Å². The average molecular weight is 540 g/mol. The molecule has 0 bridgehead atoms. The van der Waals surface area contributed by atoms with E-state index in [1.165, 1.54) is 0 Å². The maximum atomic E-state index is 12.9. The smallest absolute Gasteiger partial charge is 0.294 e. The van der Waals surface area contributed by atoms with Crippen LogP contribution in [0.1, 0.15) is 18.1 Å². The number of thioether (sulfide) groups is 1. The number of ether oxygens (including phenoxy) is 3. The third-order valence-corrected chi connectivity index (χ3v) is 6.78. The summed E-state index contributed by atoms with van der Waals surface area (Å²) >= 11 is 0.783. The number of amides is 4. The van der Waals surface area contributed by atoms with Crippen LogP contribution in [0.3, 0.4) is 0 Å². The number of hydrogen-bond donors (Lipinski definition) is 1. The van der Waals surface area contributed by atoms with Crippen LogP contribution in [0.2, 0.25) is 0 Å². The number of imide groups is 1. The molecule has 0 aliphatic carbocycles. The van der Waals surface area contributed by atoms with Crippen molar-refractivity contribution in [2.45, 2.75) is 13.8 Å². The molecule has 38 heavy (non-hydrogen) atoms. The van der Waals surface area contributed by atoms with Crippen LogP contribution in [0.5, 0.6) is 11.5 Å². The van der Waals surface area contributed by atoms with Gasteiger partial charge in [0.1, 0.15) is 6.54 Å². The van der Waals surface area contributed by atoms with Crippen LogP contribution >= 0.6 is 11.8 Å². The van der Waals surface area contributed by atoms with Crippen molar-refractivity contribution in [3.05, 3.63) is 58.5 Å². The number of anilines is 1. The summed E-state index contributed by atoms with van der Waals surface area (Å²) in [4.78, 5) is 53.0. The molecule has 4 amide bonds. The summed E-state index contributed by atoms with van der Waals surface area (Å²) in [6.07, 6.45) is 1.57. The number of aryl methyl sites for hydroxylation is 1. The van der Waals surface area contributed by atoms with Gasteiger partial charge in [-0.2, -0.15) is 0 Å².